The molecule has 1 aromatic heterocycles. The summed E-state index contributed by atoms with van der Waals surface area (Å²) in [6.07, 6.45) is 0.371. The van der Waals surface area contributed by atoms with E-state index in [0.717, 1.165) is 12.8 Å². The van der Waals surface area contributed by atoms with Crippen LogP contribution in [0.4, 0.5) is 13.2 Å². The standard InChI is InChI=1S/C21H27F3N4O2/c1-9-14-16(28(12-3-4-12)20(30)26-19(14)29)10(2)17(15(9)22)27-7-11-5-6-21(23,24)18(25)13(11)8-27/h11-13,15,17-18H,3-8,25H2,1-2H3,(H,26,29,30). The molecule has 1 saturated heterocycles. The minimum atomic E-state index is -2.90. The lowest BCUT2D eigenvalue weighted by atomic mass is 9.76. The molecule has 2 heterocycles. The van der Waals surface area contributed by atoms with Gasteiger partial charge in [-0.05, 0) is 56.1 Å². The normalized spacial score (nSPS) is 36.0. The van der Waals surface area contributed by atoms with Gasteiger partial charge in [0.1, 0.15) is 6.17 Å². The summed E-state index contributed by atoms with van der Waals surface area (Å²) in [4.78, 5) is 29.3. The summed E-state index contributed by atoms with van der Waals surface area (Å²) < 4.78 is 45.6. The van der Waals surface area contributed by atoms with E-state index in [0.29, 0.717) is 36.0 Å². The van der Waals surface area contributed by atoms with Crippen molar-refractivity contribution in [1.29, 1.82) is 0 Å². The predicted octanol–water partition coefficient (Wildman–Crippen LogP) is 0.237. The number of aromatic amines is 1. The van der Waals surface area contributed by atoms with Crippen LogP contribution in [-0.4, -0.2) is 51.7 Å². The summed E-state index contributed by atoms with van der Waals surface area (Å²) in [5.74, 6) is -3.28. The number of H-pyrrole nitrogens is 1. The lowest BCUT2D eigenvalue weighted by Crippen LogP contribution is -2.61. The molecule has 5 rings (SSSR count). The maximum Gasteiger partial charge on any atom is 0.329 e. The topological polar surface area (TPSA) is 84.1 Å². The highest BCUT2D eigenvalue weighted by molar-refractivity contribution is 5.62. The summed E-state index contributed by atoms with van der Waals surface area (Å²) in [7, 11) is 0. The fourth-order valence-corrected chi connectivity index (χ4v) is 5.90. The molecule has 3 aliphatic carbocycles. The maximum absolute atomic E-state index is 15.7. The minimum Gasteiger partial charge on any atom is -0.322 e. The van der Waals surface area contributed by atoms with Crippen molar-refractivity contribution < 1.29 is 13.2 Å². The average molecular weight is 424 g/mol. The molecule has 4 aliphatic rings. The molecular weight excluding hydrogens is 397 g/mol. The highest BCUT2D eigenvalue weighted by atomic mass is 19.3. The second kappa shape index (κ2) is 6.56. The summed E-state index contributed by atoms with van der Waals surface area (Å²) in [5, 5.41) is 0.745. The van der Waals surface area contributed by atoms with E-state index in [1.807, 2.05) is 4.90 Å². The van der Waals surface area contributed by atoms with Crippen LogP contribution in [0, 0.1) is 11.8 Å². The van der Waals surface area contributed by atoms with E-state index < -0.39 is 35.4 Å². The summed E-state index contributed by atoms with van der Waals surface area (Å²) in [5.41, 5.74) is 5.78. The molecule has 164 valence electrons. The largest absolute Gasteiger partial charge is 0.329 e. The van der Waals surface area contributed by atoms with Gasteiger partial charge in [0.05, 0.1) is 22.7 Å². The zero-order valence-corrected chi connectivity index (χ0v) is 17.1. The molecule has 1 aliphatic heterocycles. The van der Waals surface area contributed by atoms with E-state index in [9.17, 15) is 18.4 Å². The second-order valence-electron chi connectivity index (χ2n) is 9.50. The van der Waals surface area contributed by atoms with Crippen LogP contribution in [0.15, 0.2) is 9.59 Å². The van der Waals surface area contributed by atoms with Crippen molar-refractivity contribution in [1.82, 2.24) is 14.5 Å². The number of halogens is 3. The number of nitrogens with zero attached hydrogens (tertiary/aromatic N) is 2. The zero-order chi connectivity index (χ0) is 21.5. The van der Waals surface area contributed by atoms with Crippen LogP contribution in [0.5, 0.6) is 0 Å². The van der Waals surface area contributed by atoms with Gasteiger partial charge in [0.25, 0.3) is 11.5 Å². The van der Waals surface area contributed by atoms with Gasteiger partial charge in [0.2, 0.25) is 0 Å². The van der Waals surface area contributed by atoms with Gasteiger partial charge in [-0.1, -0.05) is 0 Å². The van der Waals surface area contributed by atoms with Gasteiger partial charge < -0.3 is 5.73 Å². The Kier molecular flexibility index (Phi) is 4.39. The van der Waals surface area contributed by atoms with Gasteiger partial charge in [-0.2, -0.15) is 0 Å². The number of alkyl halides is 3. The molecule has 0 amide bonds. The number of rotatable bonds is 2. The smallest absolute Gasteiger partial charge is 0.322 e. The molecule has 9 heteroatoms. The number of aromatic nitrogens is 2. The number of hydrogen-bond acceptors (Lipinski definition) is 4. The molecule has 30 heavy (non-hydrogen) atoms. The van der Waals surface area contributed by atoms with Crippen LogP contribution in [0.2, 0.25) is 0 Å². The van der Waals surface area contributed by atoms with Crippen molar-refractivity contribution in [2.24, 2.45) is 17.6 Å². The predicted molar refractivity (Wildman–Crippen MR) is 106 cm³/mol. The van der Waals surface area contributed by atoms with Gasteiger partial charge >= 0.3 is 5.69 Å². The van der Waals surface area contributed by atoms with Crippen molar-refractivity contribution in [3.63, 3.8) is 0 Å². The Morgan fingerprint density at radius 3 is 2.47 bits per heavy atom. The Morgan fingerprint density at radius 2 is 1.80 bits per heavy atom. The monoisotopic (exact) mass is 424 g/mol. The third kappa shape index (κ3) is 2.77. The number of nitrogens with two attached hydrogens (primary N) is 1. The Hall–Kier alpha value is -1.87. The maximum atomic E-state index is 15.7. The Bertz CT molecular complexity index is 1140. The molecule has 0 bridgehead atoms. The van der Waals surface area contributed by atoms with Gasteiger partial charge in [-0.15, -0.1) is 0 Å². The van der Waals surface area contributed by atoms with Crippen LogP contribution in [-0.2, 0) is 0 Å². The zero-order valence-electron chi connectivity index (χ0n) is 17.1. The Labute approximate surface area is 171 Å². The van der Waals surface area contributed by atoms with Crippen LogP contribution in [0.3, 0.4) is 0 Å². The van der Waals surface area contributed by atoms with E-state index >= 15 is 4.39 Å². The first-order valence-corrected chi connectivity index (χ1v) is 10.7. The highest BCUT2D eigenvalue weighted by Gasteiger charge is 2.53. The number of likely N-dealkylation sites (tertiary alicyclic amines) is 1. The average Bonchev–Trinajstić information content (AvgIpc) is 3.41. The molecule has 2 saturated carbocycles. The highest BCUT2D eigenvalue weighted by Crippen LogP contribution is 2.44. The number of hydrogen-bond donors (Lipinski definition) is 2. The van der Waals surface area contributed by atoms with Crippen LogP contribution in [0.1, 0.15) is 45.6 Å². The molecule has 5 atom stereocenters. The lowest BCUT2D eigenvalue weighted by molar-refractivity contribution is -0.0796. The van der Waals surface area contributed by atoms with Crippen LogP contribution >= 0.6 is 0 Å². The fourth-order valence-electron chi connectivity index (χ4n) is 5.90. The number of nitrogens with one attached hydrogen (secondary N) is 1. The van der Waals surface area contributed by atoms with E-state index in [2.05, 4.69) is 4.98 Å². The molecule has 1 aromatic rings. The van der Waals surface area contributed by atoms with Gasteiger partial charge in [0, 0.05) is 25.6 Å². The van der Waals surface area contributed by atoms with Crippen molar-refractivity contribution in [3.05, 3.63) is 31.4 Å². The third-order valence-corrected chi connectivity index (χ3v) is 7.67. The molecule has 0 spiro atoms. The molecule has 3 N–H and O–H groups in total. The third-order valence-electron chi connectivity index (χ3n) is 7.67. The SMILES string of the molecule is CC1=c2c(=O)[nH]c(=O)n(C3CC3)c2=C(C)C(N2CC3CCC(F)(F)C(N)C3C2)C1F. The quantitative estimate of drug-likeness (QED) is 0.713. The Morgan fingerprint density at radius 1 is 1.10 bits per heavy atom. The summed E-state index contributed by atoms with van der Waals surface area (Å²) in [6, 6.07) is -1.90. The molecule has 0 radical (unpaired) electrons. The van der Waals surface area contributed by atoms with E-state index in [4.69, 9.17) is 5.73 Å². The molecular formula is C21H27F3N4O2. The molecule has 6 nitrogen and oxygen atoms in total. The van der Waals surface area contributed by atoms with E-state index in [1.54, 1.807) is 18.4 Å². The lowest BCUT2D eigenvalue weighted by Gasteiger charge is -2.37. The first-order chi connectivity index (χ1) is 14.1. The van der Waals surface area contributed by atoms with Gasteiger partial charge in [-0.25, -0.2) is 18.0 Å². The van der Waals surface area contributed by atoms with Crippen molar-refractivity contribution in [3.8, 4) is 0 Å². The van der Waals surface area contributed by atoms with Gasteiger partial charge in [-0.3, -0.25) is 19.2 Å². The van der Waals surface area contributed by atoms with Crippen LogP contribution < -0.4 is 27.6 Å². The van der Waals surface area contributed by atoms with Crippen molar-refractivity contribution in [2.45, 2.75) is 69.8 Å². The van der Waals surface area contributed by atoms with Crippen molar-refractivity contribution in [2.75, 3.05) is 13.1 Å². The van der Waals surface area contributed by atoms with E-state index in [-0.39, 0.29) is 29.5 Å². The molecule has 3 fully saturated rings. The Balaban J connectivity index is 1.63. The molecule has 5 unspecified atom stereocenters. The summed E-state index contributed by atoms with van der Waals surface area (Å²) >= 11 is 0. The first kappa shape index (κ1) is 20.1. The molecule has 0 aromatic carbocycles. The first-order valence-electron chi connectivity index (χ1n) is 10.7. The summed E-state index contributed by atoms with van der Waals surface area (Å²) in [6.45, 7) is 4.14. The van der Waals surface area contributed by atoms with Crippen LogP contribution in [0.25, 0.3) is 11.1 Å². The van der Waals surface area contributed by atoms with Crippen molar-refractivity contribution >= 4 is 11.1 Å². The van der Waals surface area contributed by atoms with Gasteiger partial charge in [0.15, 0.2) is 0 Å². The number of fused-ring (bicyclic) bond motifs is 2. The second-order valence-corrected chi connectivity index (χ2v) is 9.50. The fraction of sp³-hybridized carbons (Fsp3) is 0.714. The minimum absolute atomic E-state index is 0.00568. The van der Waals surface area contributed by atoms with E-state index in [1.165, 1.54) is 0 Å².